The van der Waals surface area contributed by atoms with Crippen LogP contribution < -0.4 is 4.74 Å². The smallest absolute Gasteiger partial charge is 0.345 e. The Balaban J connectivity index is 2.17. The fourth-order valence-corrected chi connectivity index (χ4v) is 1.63. The summed E-state index contributed by atoms with van der Waals surface area (Å²) >= 11 is 11.6. The highest BCUT2D eigenvalue weighted by atomic mass is 35.5. The first-order valence-electron chi connectivity index (χ1n) is 4.89. The van der Waals surface area contributed by atoms with Crippen molar-refractivity contribution in [2.45, 2.75) is 0 Å². The minimum absolute atomic E-state index is 0.337. The average molecular weight is 267 g/mol. The third kappa shape index (κ3) is 2.99. The number of hydrogen-bond acceptors (Lipinski definition) is 2. The van der Waals surface area contributed by atoms with Crippen molar-refractivity contribution in [1.29, 1.82) is 0 Å². The summed E-state index contributed by atoms with van der Waals surface area (Å²) in [5.74, 6) is -0.0581. The molecule has 2 rings (SSSR count). The van der Waals surface area contributed by atoms with Crippen LogP contribution in [0, 0.1) is 0 Å². The Morgan fingerprint density at radius 1 is 0.941 bits per heavy atom. The molecule has 0 fully saturated rings. The maximum atomic E-state index is 11.8. The second kappa shape index (κ2) is 5.21. The lowest BCUT2D eigenvalue weighted by Crippen LogP contribution is -2.08. The van der Waals surface area contributed by atoms with E-state index in [0.29, 0.717) is 21.4 Å². The van der Waals surface area contributed by atoms with Crippen molar-refractivity contribution in [3.8, 4) is 5.75 Å². The molecule has 2 aromatic carbocycles. The van der Waals surface area contributed by atoms with E-state index < -0.39 is 5.97 Å². The third-order valence-corrected chi connectivity index (χ3v) is 2.70. The molecule has 0 spiro atoms. The minimum atomic E-state index is -0.488. The van der Waals surface area contributed by atoms with Gasteiger partial charge in [-0.05, 0) is 36.4 Å². The molecule has 0 heterocycles. The van der Waals surface area contributed by atoms with Crippen LogP contribution in [0.3, 0.4) is 0 Å². The van der Waals surface area contributed by atoms with Crippen molar-refractivity contribution < 1.29 is 9.53 Å². The van der Waals surface area contributed by atoms with Crippen LogP contribution in [-0.2, 0) is 0 Å². The van der Waals surface area contributed by atoms with Gasteiger partial charge in [0.2, 0.25) is 0 Å². The van der Waals surface area contributed by atoms with E-state index in [2.05, 4.69) is 0 Å². The van der Waals surface area contributed by atoms with Gasteiger partial charge in [-0.3, -0.25) is 0 Å². The molecule has 0 aliphatic carbocycles. The van der Waals surface area contributed by atoms with Crippen molar-refractivity contribution in [1.82, 2.24) is 0 Å². The van der Waals surface area contributed by atoms with E-state index in [9.17, 15) is 4.79 Å². The normalized spacial score (nSPS) is 10.0. The highest BCUT2D eigenvalue weighted by Gasteiger charge is 2.11. The maximum Gasteiger partial charge on any atom is 0.345 e. The van der Waals surface area contributed by atoms with Crippen LogP contribution in [0.15, 0.2) is 48.5 Å². The van der Waals surface area contributed by atoms with Crippen LogP contribution in [0.25, 0.3) is 0 Å². The van der Waals surface area contributed by atoms with Gasteiger partial charge < -0.3 is 4.74 Å². The first-order valence-corrected chi connectivity index (χ1v) is 5.64. The van der Waals surface area contributed by atoms with Gasteiger partial charge in [-0.25, -0.2) is 4.79 Å². The lowest BCUT2D eigenvalue weighted by atomic mass is 10.2. The van der Waals surface area contributed by atoms with Crippen LogP contribution in [0.5, 0.6) is 5.75 Å². The van der Waals surface area contributed by atoms with Crippen LogP contribution in [0.2, 0.25) is 10.0 Å². The second-order valence-electron chi connectivity index (χ2n) is 3.32. The van der Waals surface area contributed by atoms with Crippen LogP contribution in [-0.4, -0.2) is 5.97 Å². The summed E-state index contributed by atoms with van der Waals surface area (Å²) in [6.07, 6.45) is 0. The van der Waals surface area contributed by atoms with Crippen LogP contribution in [0.1, 0.15) is 10.4 Å². The summed E-state index contributed by atoms with van der Waals surface area (Å²) in [4.78, 5) is 11.8. The molecule has 4 heteroatoms. The van der Waals surface area contributed by atoms with Crippen molar-refractivity contribution in [2.24, 2.45) is 0 Å². The average Bonchev–Trinajstić information content (AvgIpc) is 2.32. The molecule has 0 unspecified atom stereocenters. The molecule has 2 aromatic rings. The van der Waals surface area contributed by atoms with Gasteiger partial charge in [-0.1, -0.05) is 35.3 Å². The number of hydrogen-bond donors (Lipinski definition) is 0. The maximum absolute atomic E-state index is 11.8. The number of esters is 1. The van der Waals surface area contributed by atoms with Crippen LogP contribution >= 0.6 is 23.2 Å². The van der Waals surface area contributed by atoms with E-state index in [1.54, 1.807) is 48.5 Å². The fraction of sp³-hybridized carbons (Fsp3) is 0. The van der Waals surface area contributed by atoms with Crippen LogP contribution in [0.4, 0.5) is 0 Å². The highest BCUT2D eigenvalue weighted by molar-refractivity contribution is 6.33. The molecule has 17 heavy (non-hydrogen) atoms. The molecule has 0 amide bonds. The summed E-state index contributed by atoms with van der Waals surface area (Å²) in [6, 6.07) is 13.3. The monoisotopic (exact) mass is 266 g/mol. The Bertz CT molecular complexity index is 535. The Hall–Kier alpha value is -1.51. The van der Waals surface area contributed by atoms with E-state index in [0.717, 1.165) is 0 Å². The fourth-order valence-electron chi connectivity index (χ4n) is 1.29. The summed E-state index contributed by atoms with van der Waals surface area (Å²) in [6.45, 7) is 0. The Morgan fingerprint density at radius 2 is 1.59 bits per heavy atom. The predicted molar refractivity (Wildman–Crippen MR) is 67.9 cm³/mol. The van der Waals surface area contributed by atoms with Gasteiger partial charge in [0, 0.05) is 5.02 Å². The number of halogens is 2. The molecule has 0 bridgehead atoms. The third-order valence-electron chi connectivity index (χ3n) is 2.12. The van der Waals surface area contributed by atoms with Gasteiger partial charge in [-0.15, -0.1) is 0 Å². The standard InChI is InChI=1S/C13H8Cl2O2/c14-9-5-7-10(8-6-9)17-13(16)11-3-1-2-4-12(11)15/h1-8H. The molecule has 0 aliphatic heterocycles. The van der Waals surface area contributed by atoms with Crippen molar-refractivity contribution in [3.05, 3.63) is 64.1 Å². The van der Waals surface area contributed by atoms with Gasteiger partial charge in [0.15, 0.2) is 0 Å². The molecule has 0 aliphatic rings. The largest absolute Gasteiger partial charge is 0.423 e. The molecule has 0 atom stereocenters. The number of carbonyl (C=O) groups excluding carboxylic acids is 1. The second-order valence-corrected chi connectivity index (χ2v) is 4.17. The molecule has 2 nitrogen and oxygen atoms in total. The molecule has 0 N–H and O–H groups in total. The number of carbonyl (C=O) groups is 1. The van der Waals surface area contributed by atoms with Crippen molar-refractivity contribution in [3.63, 3.8) is 0 Å². The zero-order valence-electron chi connectivity index (χ0n) is 8.69. The first-order chi connectivity index (χ1) is 8.16. The summed E-state index contributed by atoms with van der Waals surface area (Å²) in [5.41, 5.74) is 0.337. The summed E-state index contributed by atoms with van der Waals surface area (Å²) in [5, 5.41) is 0.953. The Kier molecular flexibility index (Phi) is 3.67. The lowest BCUT2D eigenvalue weighted by Gasteiger charge is -2.05. The molecule has 0 saturated heterocycles. The predicted octanol–water partition coefficient (Wildman–Crippen LogP) is 4.21. The summed E-state index contributed by atoms with van der Waals surface area (Å²) < 4.78 is 5.15. The Morgan fingerprint density at radius 3 is 2.24 bits per heavy atom. The van der Waals surface area contributed by atoms with Gasteiger partial charge in [0.05, 0.1) is 10.6 Å². The molecule has 0 aromatic heterocycles. The van der Waals surface area contributed by atoms with Gasteiger partial charge in [-0.2, -0.15) is 0 Å². The zero-order valence-corrected chi connectivity index (χ0v) is 10.2. The molecule has 86 valence electrons. The minimum Gasteiger partial charge on any atom is -0.423 e. The topological polar surface area (TPSA) is 26.3 Å². The molecular weight excluding hydrogens is 259 g/mol. The summed E-state index contributed by atoms with van der Waals surface area (Å²) in [7, 11) is 0. The van der Waals surface area contributed by atoms with Gasteiger partial charge >= 0.3 is 5.97 Å². The quantitative estimate of drug-likeness (QED) is 0.601. The van der Waals surface area contributed by atoms with Gasteiger partial charge in [0.1, 0.15) is 5.75 Å². The number of ether oxygens (including phenoxy) is 1. The number of benzene rings is 2. The Labute approximate surface area is 109 Å². The zero-order chi connectivity index (χ0) is 12.3. The molecule has 0 saturated carbocycles. The van der Waals surface area contributed by atoms with Crippen molar-refractivity contribution in [2.75, 3.05) is 0 Å². The lowest BCUT2D eigenvalue weighted by molar-refractivity contribution is 0.0735. The number of rotatable bonds is 2. The van der Waals surface area contributed by atoms with E-state index in [-0.39, 0.29) is 0 Å². The SMILES string of the molecule is O=C(Oc1ccc(Cl)cc1)c1ccccc1Cl. The first kappa shape index (κ1) is 12.0. The van der Waals surface area contributed by atoms with E-state index >= 15 is 0 Å². The van der Waals surface area contributed by atoms with E-state index in [1.165, 1.54) is 0 Å². The van der Waals surface area contributed by atoms with E-state index in [4.69, 9.17) is 27.9 Å². The molecular formula is C13H8Cl2O2. The molecule has 0 radical (unpaired) electrons. The van der Waals surface area contributed by atoms with Gasteiger partial charge in [0.25, 0.3) is 0 Å². The van der Waals surface area contributed by atoms with E-state index in [1.807, 2.05) is 0 Å². The van der Waals surface area contributed by atoms with Crippen molar-refractivity contribution >= 4 is 29.2 Å². The highest BCUT2D eigenvalue weighted by Crippen LogP contribution is 2.20.